The first-order valence-electron chi connectivity index (χ1n) is 14.4. The zero-order valence-electron chi connectivity index (χ0n) is 23.1. The van der Waals surface area contributed by atoms with E-state index in [1.165, 1.54) is 31.3 Å². The first-order valence-corrected chi connectivity index (χ1v) is 15.2. The molecule has 3 heterocycles. The van der Waals surface area contributed by atoms with Crippen molar-refractivity contribution < 1.29 is 4.42 Å². The van der Waals surface area contributed by atoms with Crippen LogP contribution in [-0.2, 0) is 0 Å². The Bertz CT molecular complexity index is 2460. The fraction of sp³-hybridized carbons (Fsp3) is 0. The van der Waals surface area contributed by atoms with Gasteiger partial charge in [0.15, 0.2) is 5.58 Å². The van der Waals surface area contributed by atoms with Gasteiger partial charge in [0.2, 0.25) is 0 Å². The summed E-state index contributed by atoms with van der Waals surface area (Å²) in [7, 11) is 0. The number of aromatic nitrogens is 1. The molecule has 0 unspecified atom stereocenters. The van der Waals surface area contributed by atoms with Crippen LogP contribution in [0.3, 0.4) is 0 Å². The lowest BCUT2D eigenvalue weighted by atomic mass is 10.0. The van der Waals surface area contributed by atoms with Gasteiger partial charge in [0, 0.05) is 42.3 Å². The predicted octanol–water partition coefficient (Wildman–Crippen LogP) is 11.6. The van der Waals surface area contributed by atoms with Crippen molar-refractivity contribution in [2.75, 3.05) is 4.90 Å². The monoisotopic (exact) mass is 568 g/mol. The number of hydrogen-bond acceptors (Lipinski definition) is 4. The molecule has 0 atom stereocenters. The largest absolute Gasteiger partial charge is 0.454 e. The van der Waals surface area contributed by atoms with E-state index >= 15 is 0 Å². The van der Waals surface area contributed by atoms with Crippen LogP contribution in [0.1, 0.15) is 0 Å². The highest BCUT2D eigenvalue weighted by atomic mass is 32.1. The Morgan fingerprint density at radius 1 is 0.512 bits per heavy atom. The van der Waals surface area contributed by atoms with Crippen molar-refractivity contribution in [3.05, 3.63) is 146 Å². The number of fused-ring (bicyclic) bond motifs is 8. The summed E-state index contributed by atoms with van der Waals surface area (Å²) in [4.78, 5) is 7.51. The lowest BCUT2D eigenvalue weighted by molar-refractivity contribution is 0.672. The average Bonchev–Trinajstić information content (AvgIpc) is 3.64. The molecule has 3 nitrogen and oxygen atoms in total. The van der Waals surface area contributed by atoms with Gasteiger partial charge in [0.1, 0.15) is 16.9 Å². The molecule has 0 aliphatic heterocycles. The van der Waals surface area contributed by atoms with Gasteiger partial charge in [-0.1, -0.05) is 97.1 Å². The van der Waals surface area contributed by atoms with E-state index in [9.17, 15) is 0 Å². The molecule has 0 spiro atoms. The van der Waals surface area contributed by atoms with Gasteiger partial charge in [0.05, 0.1) is 0 Å². The smallest absolute Gasteiger partial charge is 0.154 e. The summed E-state index contributed by atoms with van der Waals surface area (Å²) in [6.07, 6.45) is 0. The molecule has 9 aromatic rings. The van der Waals surface area contributed by atoms with Gasteiger partial charge in [-0.15, -0.1) is 11.3 Å². The summed E-state index contributed by atoms with van der Waals surface area (Å²) in [6.45, 7) is 0. The van der Waals surface area contributed by atoms with E-state index in [-0.39, 0.29) is 0 Å². The summed E-state index contributed by atoms with van der Waals surface area (Å²) < 4.78 is 8.94. The van der Waals surface area contributed by atoms with E-state index in [1.54, 1.807) is 0 Å². The molecule has 0 N–H and O–H groups in total. The first kappa shape index (κ1) is 24.2. The van der Waals surface area contributed by atoms with Crippen LogP contribution in [-0.4, -0.2) is 4.98 Å². The Morgan fingerprint density at radius 3 is 2.09 bits per heavy atom. The summed E-state index contributed by atoms with van der Waals surface area (Å²) in [5.41, 5.74) is 7.02. The van der Waals surface area contributed by atoms with Crippen molar-refractivity contribution >= 4 is 81.5 Å². The van der Waals surface area contributed by atoms with Crippen molar-refractivity contribution in [1.82, 2.24) is 4.98 Å². The third-order valence-corrected chi connectivity index (χ3v) is 9.41. The van der Waals surface area contributed by atoms with E-state index in [0.717, 1.165) is 50.0 Å². The van der Waals surface area contributed by atoms with Crippen molar-refractivity contribution in [1.29, 1.82) is 0 Å². The summed E-state index contributed by atoms with van der Waals surface area (Å²) in [5.74, 6) is 0.844. The van der Waals surface area contributed by atoms with Crippen molar-refractivity contribution in [3.8, 4) is 11.1 Å². The second-order valence-corrected chi connectivity index (χ2v) is 11.9. The molecule has 0 saturated carbocycles. The van der Waals surface area contributed by atoms with E-state index in [1.807, 2.05) is 17.4 Å². The number of furan rings is 1. The van der Waals surface area contributed by atoms with Crippen LogP contribution in [0.15, 0.2) is 150 Å². The Kier molecular flexibility index (Phi) is 5.37. The fourth-order valence-corrected chi connectivity index (χ4v) is 7.33. The van der Waals surface area contributed by atoms with Crippen molar-refractivity contribution in [3.63, 3.8) is 0 Å². The molecular formula is C39H24N2OS. The molecule has 9 rings (SSSR count). The number of nitrogens with zero attached hydrogens (tertiary/aromatic N) is 2. The molecule has 0 saturated heterocycles. The minimum absolute atomic E-state index is 0.787. The third kappa shape index (κ3) is 3.92. The first-order chi connectivity index (χ1) is 21.3. The quantitative estimate of drug-likeness (QED) is 0.211. The molecular weight excluding hydrogens is 545 g/mol. The van der Waals surface area contributed by atoms with Crippen LogP contribution < -0.4 is 4.90 Å². The average molecular weight is 569 g/mol. The lowest BCUT2D eigenvalue weighted by Crippen LogP contribution is -2.11. The van der Waals surface area contributed by atoms with Crippen LogP contribution in [0.4, 0.5) is 17.2 Å². The molecule has 43 heavy (non-hydrogen) atoms. The maximum atomic E-state index is 6.39. The maximum Gasteiger partial charge on any atom is 0.154 e. The summed E-state index contributed by atoms with van der Waals surface area (Å²) in [6, 6.07) is 51.3. The highest BCUT2D eigenvalue weighted by Crippen LogP contribution is 2.42. The second-order valence-electron chi connectivity index (χ2n) is 10.8. The minimum Gasteiger partial charge on any atom is -0.454 e. The second kappa shape index (κ2) is 9.55. The lowest BCUT2D eigenvalue weighted by Gasteiger charge is -2.24. The van der Waals surface area contributed by atoms with Gasteiger partial charge < -0.3 is 4.42 Å². The number of hydrogen-bond donors (Lipinski definition) is 0. The van der Waals surface area contributed by atoms with Gasteiger partial charge in [-0.05, 0) is 65.0 Å². The van der Waals surface area contributed by atoms with Crippen LogP contribution in [0.25, 0.3) is 64.1 Å². The van der Waals surface area contributed by atoms with Gasteiger partial charge in [-0.2, -0.15) is 0 Å². The van der Waals surface area contributed by atoms with Crippen molar-refractivity contribution in [2.45, 2.75) is 0 Å². The van der Waals surface area contributed by atoms with E-state index in [2.05, 4.69) is 144 Å². The Labute approximate surface area is 251 Å². The Balaban J connectivity index is 1.24. The van der Waals surface area contributed by atoms with E-state index < -0.39 is 0 Å². The van der Waals surface area contributed by atoms with Gasteiger partial charge in [-0.3, -0.25) is 4.90 Å². The normalized spacial score (nSPS) is 11.7. The predicted molar refractivity (Wildman–Crippen MR) is 182 cm³/mol. The number of rotatable bonds is 4. The molecule has 3 aromatic heterocycles. The summed E-state index contributed by atoms with van der Waals surface area (Å²) >= 11 is 1.83. The number of pyridine rings is 1. The number of benzene rings is 6. The Morgan fingerprint density at radius 2 is 1.21 bits per heavy atom. The zero-order valence-corrected chi connectivity index (χ0v) is 23.9. The van der Waals surface area contributed by atoms with E-state index in [4.69, 9.17) is 9.40 Å². The highest BCUT2D eigenvalue weighted by molar-refractivity contribution is 7.25. The van der Waals surface area contributed by atoms with Crippen molar-refractivity contribution in [2.24, 2.45) is 0 Å². The number of anilines is 3. The summed E-state index contributed by atoms with van der Waals surface area (Å²) in [5, 5.41) is 5.85. The van der Waals surface area contributed by atoms with Crippen LogP contribution in [0.2, 0.25) is 0 Å². The van der Waals surface area contributed by atoms with Gasteiger partial charge in [-0.25, -0.2) is 4.98 Å². The molecule has 0 amide bonds. The molecule has 0 aliphatic rings. The highest BCUT2D eigenvalue weighted by Gasteiger charge is 2.19. The molecule has 0 aliphatic carbocycles. The molecule has 0 fully saturated rings. The van der Waals surface area contributed by atoms with Gasteiger partial charge >= 0.3 is 0 Å². The van der Waals surface area contributed by atoms with Crippen LogP contribution in [0.5, 0.6) is 0 Å². The minimum atomic E-state index is 0.787. The molecule has 6 aromatic carbocycles. The molecule has 0 bridgehead atoms. The SMILES string of the molecule is c1ccc(-c2ccc(N(c3ccc4c(c3)sc3ccccc34)c3ccc4oc5c6ccccc6ccc5c4n3)cc2)cc1. The van der Waals surface area contributed by atoms with Gasteiger partial charge in [0.25, 0.3) is 0 Å². The standard InChI is InChI=1S/C39H24N2OS/c1-2-8-25(9-3-1)26-14-17-28(18-15-26)41(29-19-21-32-31-12-6-7-13-35(31)43-36(32)24-29)37-23-22-34-38(40-37)33-20-16-27-10-4-5-11-30(27)39(33)42-34/h1-24H. The topological polar surface area (TPSA) is 29.3 Å². The maximum absolute atomic E-state index is 6.39. The molecule has 4 heteroatoms. The molecule has 202 valence electrons. The third-order valence-electron chi connectivity index (χ3n) is 8.27. The van der Waals surface area contributed by atoms with E-state index in [0.29, 0.717) is 0 Å². The fourth-order valence-electron chi connectivity index (χ4n) is 6.19. The molecule has 0 radical (unpaired) electrons. The van der Waals surface area contributed by atoms with Crippen LogP contribution >= 0.6 is 11.3 Å². The zero-order chi connectivity index (χ0) is 28.3. The van der Waals surface area contributed by atoms with Crippen LogP contribution in [0, 0.1) is 0 Å². The number of thiophene rings is 1. The Hall–Kier alpha value is -5.45.